The zero-order valence-corrected chi connectivity index (χ0v) is 19.0. The van der Waals surface area contributed by atoms with E-state index in [1.54, 1.807) is 12.1 Å². The molecule has 2 heterocycles. The number of hydrogen-bond donors (Lipinski definition) is 1. The van der Waals surface area contributed by atoms with Crippen LogP contribution in [-0.4, -0.2) is 54.6 Å². The molecule has 166 valence electrons. The number of morpholine rings is 1. The van der Waals surface area contributed by atoms with E-state index in [-0.39, 0.29) is 0 Å². The number of aromatic nitrogens is 2. The fourth-order valence-corrected chi connectivity index (χ4v) is 6.13. The summed E-state index contributed by atoms with van der Waals surface area (Å²) in [7, 11) is -3.52. The average Bonchev–Trinajstić information content (AvgIpc) is 3.11. The molecule has 1 N–H and O–H groups in total. The molecule has 4 rings (SSSR count). The summed E-state index contributed by atoms with van der Waals surface area (Å²) < 4.78 is 35.1. The van der Waals surface area contributed by atoms with Crippen LogP contribution in [0.25, 0.3) is 11.0 Å². The van der Waals surface area contributed by atoms with Crippen molar-refractivity contribution in [2.45, 2.75) is 70.0 Å². The molecule has 1 aliphatic carbocycles. The first-order chi connectivity index (χ1) is 14.5. The van der Waals surface area contributed by atoms with E-state index in [1.165, 1.54) is 30.0 Å². The Balaban J connectivity index is 1.60. The molecule has 2 aliphatic rings. The lowest BCUT2D eigenvalue weighted by molar-refractivity contribution is 0.0730. The summed E-state index contributed by atoms with van der Waals surface area (Å²) in [5, 5.41) is 3.72. The van der Waals surface area contributed by atoms with Crippen LogP contribution in [0.2, 0.25) is 0 Å². The van der Waals surface area contributed by atoms with Gasteiger partial charge in [-0.1, -0.05) is 26.7 Å². The van der Waals surface area contributed by atoms with Crippen LogP contribution < -0.4 is 5.32 Å². The van der Waals surface area contributed by atoms with Gasteiger partial charge in [-0.3, -0.25) is 0 Å². The molecule has 2 unspecified atom stereocenters. The second-order valence-corrected chi connectivity index (χ2v) is 10.5. The first kappa shape index (κ1) is 21.7. The van der Waals surface area contributed by atoms with Crippen molar-refractivity contribution >= 4 is 21.1 Å². The molecule has 1 aliphatic heterocycles. The third-order valence-corrected chi connectivity index (χ3v) is 8.38. The number of hydrogen-bond acceptors (Lipinski definition) is 5. The lowest BCUT2D eigenvalue weighted by atomic mass is 9.86. The standard InChI is InChI=1S/C22H34N4O3S/c1-3-10-26-21-9-8-18(30(27,28)25-11-13-29-14-12-25)15-20(21)24-22(26)16-23-19-7-5-4-6-17(19)2/h8-9,15,17,19,23H,3-7,10-14,16H2,1-2H3. The van der Waals surface area contributed by atoms with Gasteiger partial charge in [0.2, 0.25) is 10.0 Å². The number of rotatable bonds is 7. The van der Waals surface area contributed by atoms with E-state index < -0.39 is 10.0 Å². The highest BCUT2D eigenvalue weighted by molar-refractivity contribution is 7.89. The Labute approximate surface area is 179 Å². The Morgan fingerprint density at radius 1 is 1.20 bits per heavy atom. The zero-order chi connectivity index (χ0) is 21.1. The largest absolute Gasteiger partial charge is 0.379 e. The predicted octanol–water partition coefficient (Wildman–Crippen LogP) is 3.14. The van der Waals surface area contributed by atoms with Gasteiger partial charge in [-0.05, 0) is 43.4 Å². The van der Waals surface area contributed by atoms with Crippen molar-refractivity contribution in [1.29, 1.82) is 0 Å². The summed E-state index contributed by atoms with van der Waals surface area (Å²) in [6.07, 6.45) is 6.12. The summed E-state index contributed by atoms with van der Waals surface area (Å²) in [4.78, 5) is 5.17. The minimum atomic E-state index is -3.52. The van der Waals surface area contributed by atoms with Gasteiger partial charge in [-0.25, -0.2) is 13.4 Å². The molecular weight excluding hydrogens is 400 g/mol. The van der Waals surface area contributed by atoms with Crippen LogP contribution in [0.1, 0.15) is 51.8 Å². The molecule has 2 aromatic rings. The summed E-state index contributed by atoms with van der Waals surface area (Å²) in [6.45, 7) is 7.78. The van der Waals surface area contributed by atoms with E-state index in [0.29, 0.717) is 43.2 Å². The minimum Gasteiger partial charge on any atom is -0.379 e. The van der Waals surface area contributed by atoms with E-state index in [0.717, 1.165) is 36.4 Å². The van der Waals surface area contributed by atoms with Crippen molar-refractivity contribution in [2.75, 3.05) is 26.3 Å². The van der Waals surface area contributed by atoms with E-state index in [4.69, 9.17) is 9.72 Å². The van der Waals surface area contributed by atoms with Crippen LogP contribution in [-0.2, 0) is 27.8 Å². The molecule has 7 nitrogen and oxygen atoms in total. The number of benzene rings is 1. The van der Waals surface area contributed by atoms with Crippen molar-refractivity contribution in [1.82, 2.24) is 19.2 Å². The number of nitrogens with zero attached hydrogens (tertiary/aromatic N) is 3. The van der Waals surface area contributed by atoms with E-state index in [2.05, 4.69) is 23.7 Å². The third kappa shape index (κ3) is 4.42. The summed E-state index contributed by atoms with van der Waals surface area (Å²) in [5.74, 6) is 1.68. The van der Waals surface area contributed by atoms with Crippen LogP contribution >= 0.6 is 0 Å². The quantitative estimate of drug-likeness (QED) is 0.725. The number of fused-ring (bicyclic) bond motifs is 1. The summed E-state index contributed by atoms with van der Waals surface area (Å²) >= 11 is 0. The number of imidazole rings is 1. The van der Waals surface area contributed by atoms with Gasteiger partial charge < -0.3 is 14.6 Å². The Bertz CT molecular complexity index is 966. The van der Waals surface area contributed by atoms with E-state index >= 15 is 0 Å². The lowest BCUT2D eigenvalue weighted by Crippen LogP contribution is -2.40. The Morgan fingerprint density at radius 3 is 2.70 bits per heavy atom. The highest BCUT2D eigenvalue weighted by atomic mass is 32.2. The predicted molar refractivity (Wildman–Crippen MR) is 118 cm³/mol. The molecule has 2 atom stereocenters. The van der Waals surface area contributed by atoms with Crippen molar-refractivity contribution in [3.8, 4) is 0 Å². The van der Waals surface area contributed by atoms with Gasteiger partial charge in [0.15, 0.2) is 0 Å². The van der Waals surface area contributed by atoms with Crippen LogP contribution in [0.3, 0.4) is 0 Å². The van der Waals surface area contributed by atoms with Crippen LogP contribution in [0, 0.1) is 5.92 Å². The second-order valence-electron chi connectivity index (χ2n) is 8.60. The molecule has 30 heavy (non-hydrogen) atoms. The van der Waals surface area contributed by atoms with Gasteiger partial charge in [0.25, 0.3) is 0 Å². The average molecular weight is 435 g/mol. The smallest absolute Gasteiger partial charge is 0.243 e. The number of ether oxygens (including phenoxy) is 1. The third-order valence-electron chi connectivity index (χ3n) is 6.49. The molecule has 8 heteroatoms. The van der Waals surface area contributed by atoms with Crippen molar-refractivity contribution in [3.63, 3.8) is 0 Å². The maximum Gasteiger partial charge on any atom is 0.243 e. The van der Waals surface area contributed by atoms with Gasteiger partial charge in [0.1, 0.15) is 5.82 Å². The highest BCUT2D eigenvalue weighted by Gasteiger charge is 2.27. The molecule has 0 bridgehead atoms. The Kier molecular flexibility index (Phi) is 6.77. The van der Waals surface area contributed by atoms with Crippen LogP contribution in [0.4, 0.5) is 0 Å². The normalized spacial score (nSPS) is 23.8. The van der Waals surface area contributed by atoms with E-state index in [9.17, 15) is 8.42 Å². The molecule has 0 radical (unpaired) electrons. The first-order valence-corrected chi connectivity index (χ1v) is 12.7. The molecular formula is C22H34N4O3S. The summed E-state index contributed by atoms with van der Waals surface area (Å²) in [5.41, 5.74) is 1.76. The fraction of sp³-hybridized carbons (Fsp3) is 0.682. The molecule has 1 aromatic heterocycles. The van der Waals surface area contributed by atoms with Gasteiger partial charge in [0, 0.05) is 25.7 Å². The van der Waals surface area contributed by atoms with Crippen molar-refractivity contribution in [3.05, 3.63) is 24.0 Å². The molecule has 1 saturated carbocycles. The van der Waals surface area contributed by atoms with Gasteiger partial charge in [0.05, 0.1) is 35.7 Å². The molecule has 0 spiro atoms. The Morgan fingerprint density at radius 2 is 1.97 bits per heavy atom. The number of nitrogens with one attached hydrogen (secondary N) is 1. The number of aryl methyl sites for hydroxylation is 1. The Hall–Kier alpha value is -1.48. The SMILES string of the molecule is CCCn1c(CNC2CCCCC2C)nc2cc(S(=O)(=O)N3CCOCC3)ccc21. The maximum absolute atomic E-state index is 13.0. The van der Waals surface area contributed by atoms with Gasteiger partial charge in [-0.15, -0.1) is 0 Å². The molecule has 1 saturated heterocycles. The number of sulfonamides is 1. The van der Waals surface area contributed by atoms with E-state index in [1.807, 2.05) is 6.07 Å². The van der Waals surface area contributed by atoms with Crippen LogP contribution in [0.15, 0.2) is 23.1 Å². The highest BCUT2D eigenvalue weighted by Crippen LogP contribution is 2.26. The maximum atomic E-state index is 13.0. The second kappa shape index (κ2) is 9.34. The monoisotopic (exact) mass is 434 g/mol. The van der Waals surface area contributed by atoms with Crippen LogP contribution in [0.5, 0.6) is 0 Å². The minimum absolute atomic E-state index is 0.318. The lowest BCUT2D eigenvalue weighted by Gasteiger charge is -2.29. The molecule has 2 fully saturated rings. The summed E-state index contributed by atoms with van der Waals surface area (Å²) in [6, 6.07) is 5.91. The van der Waals surface area contributed by atoms with Gasteiger partial charge >= 0.3 is 0 Å². The fourth-order valence-electron chi connectivity index (χ4n) is 4.71. The first-order valence-electron chi connectivity index (χ1n) is 11.3. The van der Waals surface area contributed by atoms with Crippen molar-refractivity contribution < 1.29 is 13.2 Å². The molecule has 0 amide bonds. The zero-order valence-electron chi connectivity index (χ0n) is 18.1. The van der Waals surface area contributed by atoms with Crippen molar-refractivity contribution in [2.24, 2.45) is 5.92 Å². The topological polar surface area (TPSA) is 76.5 Å². The molecule has 1 aromatic carbocycles. The van der Waals surface area contributed by atoms with Gasteiger partial charge in [-0.2, -0.15) is 4.31 Å².